The number of hydrogen-bond donors (Lipinski definition) is 3. The van der Waals surface area contributed by atoms with E-state index in [1.807, 2.05) is 63.2 Å². The molecule has 2 aromatic carbocycles. The Morgan fingerprint density at radius 3 is 2.15 bits per heavy atom. The number of nitrogens with one attached hydrogen (secondary N) is 2. The number of aryl methyl sites for hydroxylation is 1. The van der Waals surface area contributed by atoms with Crippen LogP contribution in [0.4, 0.5) is 10.5 Å². The quantitative estimate of drug-likeness (QED) is 0.400. The molecular weight excluding hydrogens is 451 g/mol. The largest absolute Gasteiger partial charge is 0.444 e. The molecule has 0 heterocycles. The van der Waals surface area contributed by atoms with Crippen LogP contribution < -0.4 is 10.6 Å². The van der Waals surface area contributed by atoms with Gasteiger partial charge in [-0.2, -0.15) is 0 Å². The maximum Gasteiger partial charge on any atom is 0.408 e. The van der Waals surface area contributed by atoms with E-state index in [4.69, 9.17) is 4.74 Å². The van der Waals surface area contributed by atoms with E-state index >= 15 is 0 Å². The molecule has 2 amide bonds. The third kappa shape index (κ3) is 8.96. The van der Waals surface area contributed by atoms with E-state index in [2.05, 4.69) is 10.6 Å². The second-order valence-corrected chi connectivity index (χ2v) is 12.5. The minimum absolute atomic E-state index is 0.137. The third-order valence-electron chi connectivity index (χ3n) is 5.36. The Labute approximate surface area is 202 Å². The van der Waals surface area contributed by atoms with Crippen molar-refractivity contribution in [2.75, 3.05) is 11.5 Å². The van der Waals surface area contributed by atoms with Gasteiger partial charge in [-0.25, -0.2) is 4.79 Å². The summed E-state index contributed by atoms with van der Waals surface area (Å²) >= 11 is 0. The number of amides is 2. The molecule has 7 nitrogen and oxygen atoms in total. The lowest BCUT2D eigenvalue weighted by atomic mass is 9.97. The first-order valence-electron chi connectivity index (χ1n) is 11.5. The summed E-state index contributed by atoms with van der Waals surface area (Å²) in [5.41, 5.74) is 1.73. The van der Waals surface area contributed by atoms with E-state index in [1.54, 1.807) is 32.9 Å². The molecule has 186 valence electrons. The van der Waals surface area contributed by atoms with E-state index in [9.17, 15) is 19.0 Å². The molecule has 0 aliphatic heterocycles. The summed E-state index contributed by atoms with van der Waals surface area (Å²) in [5, 5.41) is 5.45. The molecule has 0 aliphatic rings. The van der Waals surface area contributed by atoms with Crippen LogP contribution in [0.2, 0.25) is 0 Å². The number of anilines is 1. The maximum absolute atomic E-state index is 13.6. The van der Waals surface area contributed by atoms with Gasteiger partial charge in [0.2, 0.25) is 13.3 Å². The van der Waals surface area contributed by atoms with Crippen molar-refractivity contribution in [1.29, 1.82) is 0 Å². The zero-order chi connectivity index (χ0) is 25.5. The van der Waals surface area contributed by atoms with Crippen LogP contribution in [0.1, 0.15) is 45.7 Å². The fourth-order valence-corrected chi connectivity index (χ4v) is 5.66. The normalized spacial score (nSPS) is 15.2. The van der Waals surface area contributed by atoms with Gasteiger partial charge in [0, 0.05) is 24.2 Å². The molecule has 2 rings (SSSR count). The molecule has 0 aromatic heterocycles. The summed E-state index contributed by atoms with van der Waals surface area (Å²) in [7, 11) is -4.04. The first kappa shape index (κ1) is 27.6. The standard InChI is InChI=1S/C26H37N2O5P/c1-18(2)22(24(29)27-21-14-12-19(3)13-15-21)17-34(31,32)23(16-20-10-8-7-9-11-20)28-25(30)33-26(4,5)6/h7-15,18,22-23H,16-17H2,1-6H3,(H,27,29)(H,28,30)(H,31,32). The van der Waals surface area contributed by atoms with Gasteiger partial charge in [0.05, 0.1) is 0 Å². The van der Waals surface area contributed by atoms with Crippen molar-refractivity contribution in [3.63, 3.8) is 0 Å². The highest BCUT2D eigenvalue weighted by atomic mass is 31.2. The monoisotopic (exact) mass is 488 g/mol. The van der Waals surface area contributed by atoms with Gasteiger partial charge in [0.1, 0.15) is 11.4 Å². The molecule has 0 spiro atoms. The van der Waals surface area contributed by atoms with E-state index in [-0.39, 0.29) is 24.4 Å². The van der Waals surface area contributed by atoms with E-state index in [0.29, 0.717) is 5.69 Å². The van der Waals surface area contributed by atoms with Crippen molar-refractivity contribution >= 4 is 25.1 Å². The predicted molar refractivity (Wildman–Crippen MR) is 136 cm³/mol. The fourth-order valence-electron chi connectivity index (χ4n) is 3.45. The number of ether oxygens (including phenoxy) is 1. The van der Waals surface area contributed by atoms with Crippen LogP contribution in [0.3, 0.4) is 0 Å². The topological polar surface area (TPSA) is 105 Å². The van der Waals surface area contributed by atoms with Crippen LogP contribution in [0.5, 0.6) is 0 Å². The smallest absolute Gasteiger partial charge is 0.408 e. The first-order chi connectivity index (χ1) is 15.8. The number of hydrogen-bond acceptors (Lipinski definition) is 4. The van der Waals surface area contributed by atoms with Gasteiger partial charge >= 0.3 is 6.09 Å². The summed E-state index contributed by atoms with van der Waals surface area (Å²) < 4.78 is 19.0. The highest BCUT2D eigenvalue weighted by Gasteiger charge is 2.39. The zero-order valence-corrected chi connectivity index (χ0v) is 21.8. The van der Waals surface area contributed by atoms with Crippen LogP contribution in [0.25, 0.3) is 0 Å². The third-order valence-corrected chi connectivity index (χ3v) is 7.56. The lowest BCUT2D eigenvalue weighted by molar-refractivity contribution is -0.120. The number of rotatable bonds is 9. The van der Waals surface area contributed by atoms with Crippen LogP contribution in [-0.4, -0.2) is 34.4 Å². The van der Waals surface area contributed by atoms with Crippen molar-refractivity contribution in [2.45, 2.75) is 59.3 Å². The number of carbonyl (C=O) groups is 2. The van der Waals surface area contributed by atoms with Gasteiger partial charge in [-0.15, -0.1) is 0 Å². The average Bonchev–Trinajstić information content (AvgIpc) is 2.72. The second-order valence-electron chi connectivity index (χ2n) is 10.00. The molecule has 3 atom stereocenters. The predicted octanol–water partition coefficient (Wildman–Crippen LogP) is 5.57. The molecule has 0 radical (unpaired) electrons. The van der Waals surface area contributed by atoms with Gasteiger partial charge < -0.3 is 20.3 Å². The highest BCUT2D eigenvalue weighted by molar-refractivity contribution is 7.58. The lowest BCUT2D eigenvalue weighted by Crippen LogP contribution is -2.42. The lowest BCUT2D eigenvalue weighted by Gasteiger charge is -2.30. The van der Waals surface area contributed by atoms with Gasteiger partial charge in [0.25, 0.3) is 0 Å². The molecule has 0 bridgehead atoms. The van der Waals surface area contributed by atoms with Gasteiger partial charge in [-0.1, -0.05) is 61.9 Å². The molecule has 3 unspecified atom stereocenters. The molecule has 0 saturated heterocycles. The van der Waals surface area contributed by atoms with Crippen LogP contribution in [0.15, 0.2) is 54.6 Å². The van der Waals surface area contributed by atoms with Gasteiger partial charge in [-0.05, 0) is 51.3 Å². The summed E-state index contributed by atoms with van der Waals surface area (Å²) in [6.07, 6.45) is -0.901. The minimum Gasteiger partial charge on any atom is -0.444 e. The Morgan fingerprint density at radius 1 is 1.03 bits per heavy atom. The second kappa shape index (κ2) is 11.7. The Kier molecular flexibility index (Phi) is 9.48. The minimum atomic E-state index is -4.04. The number of carbonyl (C=O) groups excluding carboxylic acids is 2. The Bertz CT molecular complexity index is 1000. The van der Waals surface area contributed by atoms with Gasteiger partial charge in [0.15, 0.2) is 0 Å². The highest BCUT2D eigenvalue weighted by Crippen LogP contribution is 2.49. The molecule has 8 heteroatoms. The van der Waals surface area contributed by atoms with Crippen LogP contribution in [-0.2, 0) is 20.5 Å². The molecule has 0 saturated carbocycles. The first-order valence-corrected chi connectivity index (χ1v) is 13.4. The van der Waals surface area contributed by atoms with Crippen LogP contribution in [0, 0.1) is 18.8 Å². The van der Waals surface area contributed by atoms with Gasteiger partial charge in [-0.3, -0.25) is 9.36 Å². The summed E-state index contributed by atoms with van der Waals surface area (Å²) in [4.78, 5) is 36.7. The SMILES string of the molecule is Cc1ccc(NC(=O)C(CP(=O)(O)C(Cc2ccccc2)NC(=O)OC(C)(C)C)C(C)C)cc1. The average molecular weight is 489 g/mol. The molecule has 0 aliphatic carbocycles. The Balaban J connectivity index is 2.25. The molecule has 34 heavy (non-hydrogen) atoms. The fraction of sp³-hybridized carbons (Fsp3) is 0.462. The van der Waals surface area contributed by atoms with Crippen molar-refractivity contribution in [3.8, 4) is 0 Å². The summed E-state index contributed by atoms with van der Waals surface area (Å²) in [5.74, 6) is -2.34. The van der Waals surface area contributed by atoms with Crippen LogP contribution >= 0.6 is 7.37 Å². The molecule has 0 fully saturated rings. The maximum atomic E-state index is 13.6. The number of benzene rings is 2. The molecular formula is C26H37N2O5P. The van der Waals surface area contributed by atoms with Crippen molar-refractivity contribution in [2.24, 2.45) is 11.8 Å². The Hall–Kier alpha value is -2.63. The molecule has 2 aromatic rings. The summed E-state index contributed by atoms with van der Waals surface area (Å²) in [6.45, 7) is 10.8. The van der Waals surface area contributed by atoms with Crippen molar-refractivity contribution in [1.82, 2.24) is 5.32 Å². The van der Waals surface area contributed by atoms with Crippen molar-refractivity contribution in [3.05, 3.63) is 65.7 Å². The van der Waals surface area contributed by atoms with E-state index in [1.165, 1.54) is 0 Å². The molecule has 3 N–H and O–H groups in total. The van der Waals surface area contributed by atoms with E-state index < -0.39 is 30.8 Å². The summed E-state index contributed by atoms with van der Waals surface area (Å²) in [6, 6.07) is 16.5. The van der Waals surface area contributed by atoms with E-state index in [0.717, 1.165) is 11.1 Å². The Morgan fingerprint density at radius 2 is 1.62 bits per heavy atom. The van der Waals surface area contributed by atoms with Crippen molar-refractivity contribution < 1.29 is 23.8 Å². The number of alkyl carbamates (subject to hydrolysis) is 1. The zero-order valence-electron chi connectivity index (χ0n) is 20.9.